The third-order valence-corrected chi connectivity index (χ3v) is 4.70. The Morgan fingerprint density at radius 2 is 1.90 bits per heavy atom. The van der Waals surface area contributed by atoms with Crippen LogP contribution < -0.4 is 5.73 Å². The standard InChI is InChI=1S/C15H29N5O/c1-3-13(14(16)17)18-7-9-19(10-8-18)15(21)20-6-4-5-12(2)11-20/h12-13H,3-11H2,1-2H3,(H3,16,17). The first kappa shape index (κ1) is 16.1. The van der Waals surface area contributed by atoms with Gasteiger partial charge in [-0.2, -0.15) is 0 Å². The number of nitrogens with zero attached hydrogens (tertiary/aromatic N) is 3. The highest BCUT2D eigenvalue weighted by Crippen LogP contribution is 2.18. The number of carbonyl (C=O) groups excluding carboxylic acids is 1. The van der Waals surface area contributed by atoms with Crippen molar-refractivity contribution in [3.05, 3.63) is 0 Å². The van der Waals surface area contributed by atoms with Gasteiger partial charge >= 0.3 is 6.03 Å². The number of urea groups is 1. The normalized spacial score (nSPS) is 25.7. The molecule has 0 aromatic carbocycles. The van der Waals surface area contributed by atoms with Gasteiger partial charge in [-0.3, -0.25) is 10.3 Å². The fourth-order valence-electron chi connectivity index (χ4n) is 3.46. The molecule has 0 aliphatic carbocycles. The van der Waals surface area contributed by atoms with E-state index in [1.54, 1.807) is 0 Å². The number of piperidine rings is 1. The zero-order valence-electron chi connectivity index (χ0n) is 13.3. The molecule has 3 N–H and O–H groups in total. The molecule has 120 valence electrons. The van der Waals surface area contributed by atoms with E-state index in [2.05, 4.69) is 18.7 Å². The van der Waals surface area contributed by atoms with Crippen LogP contribution in [0.1, 0.15) is 33.1 Å². The molecule has 2 heterocycles. The van der Waals surface area contributed by atoms with Gasteiger partial charge in [-0.15, -0.1) is 0 Å². The Labute approximate surface area is 127 Å². The first-order valence-corrected chi connectivity index (χ1v) is 8.14. The van der Waals surface area contributed by atoms with E-state index in [-0.39, 0.29) is 17.9 Å². The number of hydrogen-bond acceptors (Lipinski definition) is 3. The summed E-state index contributed by atoms with van der Waals surface area (Å²) in [5, 5.41) is 7.65. The summed E-state index contributed by atoms with van der Waals surface area (Å²) in [6.45, 7) is 9.18. The van der Waals surface area contributed by atoms with E-state index in [4.69, 9.17) is 11.1 Å². The maximum Gasteiger partial charge on any atom is 0.320 e. The Morgan fingerprint density at radius 3 is 2.43 bits per heavy atom. The molecule has 2 rings (SSSR count). The summed E-state index contributed by atoms with van der Waals surface area (Å²) in [5.41, 5.74) is 5.66. The van der Waals surface area contributed by atoms with Gasteiger partial charge in [-0.1, -0.05) is 13.8 Å². The van der Waals surface area contributed by atoms with E-state index in [0.717, 1.165) is 52.1 Å². The molecule has 2 aliphatic rings. The molecule has 0 saturated carbocycles. The molecule has 21 heavy (non-hydrogen) atoms. The minimum atomic E-state index is 0.0252. The van der Waals surface area contributed by atoms with E-state index in [1.807, 2.05) is 9.80 Å². The number of piperazine rings is 1. The minimum Gasteiger partial charge on any atom is -0.386 e. The highest BCUT2D eigenvalue weighted by Gasteiger charge is 2.30. The lowest BCUT2D eigenvalue weighted by molar-refractivity contribution is 0.0929. The predicted molar refractivity (Wildman–Crippen MR) is 84.5 cm³/mol. The van der Waals surface area contributed by atoms with Gasteiger partial charge < -0.3 is 15.5 Å². The molecule has 0 radical (unpaired) electrons. The van der Waals surface area contributed by atoms with Crippen LogP contribution in [-0.2, 0) is 0 Å². The average molecular weight is 295 g/mol. The Bertz CT molecular complexity index is 378. The summed E-state index contributed by atoms with van der Waals surface area (Å²) in [5.74, 6) is 0.855. The van der Waals surface area contributed by atoms with E-state index in [9.17, 15) is 4.79 Å². The van der Waals surface area contributed by atoms with Crippen molar-refractivity contribution >= 4 is 11.9 Å². The lowest BCUT2D eigenvalue weighted by atomic mass is 10.0. The molecule has 0 spiro atoms. The third-order valence-electron chi connectivity index (χ3n) is 4.70. The van der Waals surface area contributed by atoms with Crippen molar-refractivity contribution in [2.24, 2.45) is 11.7 Å². The van der Waals surface area contributed by atoms with Crippen LogP contribution >= 0.6 is 0 Å². The van der Waals surface area contributed by atoms with Crippen molar-refractivity contribution in [1.82, 2.24) is 14.7 Å². The van der Waals surface area contributed by atoms with Gasteiger partial charge in [0.05, 0.1) is 6.04 Å². The molecule has 2 amide bonds. The summed E-state index contributed by atoms with van der Waals surface area (Å²) < 4.78 is 0. The smallest absolute Gasteiger partial charge is 0.320 e. The number of nitrogens with one attached hydrogen (secondary N) is 1. The fourth-order valence-corrected chi connectivity index (χ4v) is 3.46. The molecule has 0 aromatic heterocycles. The van der Waals surface area contributed by atoms with Gasteiger partial charge in [-0.25, -0.2) is 4.79 Å². The van der Waals surface area contributed by atoms with Crippen molar-refractivity contribution in [2.75, 3.05) is 39.3 Å². The Morgan fingerprint density at radius 1 is 1.24 bits per heavy atom. The molecule has 0 aromatic rings. The number of amidine groups is 1. The SMILES string of the molecule is CCC(C(=N)N)N1CCN(C(=O)N2CCCC(C)C2)CC1. The van der Waals surface area contributed by atoms with Crippen molar-refractivity contribution in [2.45, 2.75) is 39.2 Å². The van der Waals surface area contributed by atoms with Crippen molar-refractivity contribution in [1.29, 1.82) is 5.41 Å². The lowest BCUT2D eigenvalue weighted by Crippen LogP contribution is -2.57. The second-order valence-corrected chi connectivity index (χ2v) is 6.38. The molecular weight excluding hydrogens is 266 g/mol. The Hall–Kier alpha value is -1.30. The second kappa shape index (κ2) is 7.11. The maximum absolute atomic E-state index is 12.5. The summed E-state index contributed by atoms with van der Waals surface area (Å²) in [6, 6.07) is 0.217. The van der Waals surface area contributed by atoms with E-state index in [0.29, 0.717) is 5.92 Å². The zero-order chi connectivity index (χ0) is 15.4. The summed E-state index contributed by atoms with van der Waals surface area (Å²) in [6.07, 6.45) is 3.20. The first-order chi connectivity index (χ1) is 10.0. The van der Waals surface area contributed by atoms with Crippen LogP contribution in [0.4, 0.5) is 4.79 Å². The number of hydrogen-bond donors (Lipinski definition) is 2. The predicted octanol–water partition coefficient (Wildman–Crippen LogP) is 1.17. The summed E-state index contributed by atoms with van der Waals surface area (Å²) in [7, 11) is 0. The monoisotopic (exact) mass is 295 g/mol. The molecule has 2 atom stereocenters. The summed E-state index contributed by atoms with van der Waals surface area (Å²) >= 11 is 0. The fraction of sp³-hybridized carbons (Fsp3) is 0.867. The molecule has 2 unspecified atom stereocenters. The number of likely N-dealkylation sites (tertiary alicyclic amines) is 1. The molecular formula is C15H29N5O. The number of nitrogens with two attached hydrogens (primary N) is 1. The van der Waals surface area contributed by atoms with Gasteiger partial charge in [0.25, 0.3) is 0 Å². The van der Waals surface area contributed by atoms with Crippen molar-refractivity contribution in [3.8, 4) is 0 Å². The Kier molecular flexibility index (Phi) is 5.45. The highest BCUT2D eigenvalue weighted by molar-refractivity contribution is 5.82. The van der Waals surface area contributed by atoms with Crippen molar-refractivity contribution in [3.63, 3.8) is 0 Å². The highest BCUT2D eigenvalue weighted by atomic mass is 16.2. The molecule has 2 aliphatic heterocycles. The van der Waals surface area contributed by atoms with Crippen LogP contribution in [0.5, 0.6) is 0 Å². The van der Waals surface area contributed by atoms with Gasteiger partial charge in [-0.05, 0) is 25.2 Å². The minimum absolute atomic E-state index is 0.0252. The van der Waals surface area contributed by atoms with E-state index < -0.39 is 0 Å². The van der Waals surface area contributed by atoms with Crippen LogP contribution in [0.15, 0.2) is 0 Å². The molecule has 6 heteroatoms. The molecule has 0 bridgehead atoms. The number of rotatable bonds is 3. The van der Waals surface area contributed by atoms with Crippen LogP contribution in [0.3, 0.4) is 0 Å². The second-order valence-electron chi connectivity index (χ2n) is 6.38. The van der Waals surface area contributed by atoms with E-state index in [1.165, 1.54) is 6.42 Å². The van der Waals surface area contributed by atoms with Crippen LogP contribution in [0.2, 0.25) is 0 Å². The van der Waals surface area contributed by atoms with Crippen LogP contribution in [0.25, 0.3) is 0 Å². The maximum atomic E-state index is 12.5. The van der Waals surface area contributed by atoms with Gasteiger partial charge in [0, 0.05) is 39.3 Å². The van der Waals surface area contributed by atoms with Crippen LogP contribution in [0, 0.1) is 11.3 Å². The molecule has 2 fully saturated rings. The largest absolute Gasteiger partial charge is 0.386 e. The van der Waals surface area contributed by atoms with Crippen LogP contribution in [-0.4, -0.2) is 71.9 Å². The first-order valence-electron chi connectivity index (χ1n) is 8.14. The van der Waals surface area contributed by atoms with Crippen molar-refractivity contribution < 1.29 is 4.79 Å². The van der Waals surface area contributed by atoms with Gasteiger partial charge in [0.15, 0.2) is 0 Å². The zero-order valence-corrected chi connectivity index (χ0v) is 13.3. The topological polar surface area (TPSA) is 76.7 Å². The quantitative estimate of drug-likeness (QED) is 0.606. The Balaban J connectivity index is 1.85. The summed E-state index contributed by atoms with van der Waals surface area (Å²) in [4.78, 5) is 18.7. The number of carbonyl (C=O) groups is 1. The molecule has 6 nitrogen and oxygen atoms in total. The molecule has 2 saturated heterocycles. The average Bonchev–Trinajstić information content (AvgIpc) is 2.47. The lowest BCUT2D eigenvalue weighted by Gasteiger charge is -2.41. The van der Waals surface area contributed by atoms with E-state index >= 15 is 0 Å². The van der Waals surface area contributed by atoms with Gasteiger partial charge in [0.1, 0.15) is 5.84 Å². The number of amides is 2. The third kappa shape index (κ3) is 3.87. The van der Waals surface area contributed by atoms with Gasteiger partial charge in [0.2, 0.25) is 0 Å².